The molecule has 1 saturated heterocycles. The Balaban J connectivity index is 1.30. The molecule has 0 saturated carbocycles. The summed E-state index contributed by atoms with van der Waals surface area (Å²) in [5, 5.41) is 5.52. The van der Waals surface area contributed by atoms with Gasteiger partial charge in [0.15, 0.2) is 16.7 Å². The third kappa shape index (κ3) is 5.36. The van der Waals surface area contributed by atoms with Crippen LogP contribution < -0.4 is 14.8 Å². The molecule has 1 aliphatic heterocycles. The highest BCUT2D eigenvalue weighted by molar-refractivity contribution is 8.18. The zero-order valence-corrected chi connectivity index (χ0v) is 19.6. The van der Waals surface area contributed by atoms with Gasteiger partial charge in [-0.05, 0) is 82.2 Å². The third-order valence-corrected chi connectivity index (χ3v) is 6.31. The SMILES string of the molecule is COc1cc(/C=C2/SC(=Nc3ccc(F)cc3)NC2=O)ccc1OCc1ccc2ccccc2c1. The minimum Gasteiger partial charge on any atom is -0.493 e. The van der Waals surface area contributed by atoms with E-state index in [-0.39, 0.29) is 11.7 Å². The maximum absolute atomic E-state index is 13.1. The molecular formula is C28H21FN2O3S. The summed E-state index contributed by atoms with van der Waals surface area (Å²) in [6.45, 7) is 0.406. The number of nitrogens with zero attached hydrogens (tertiary/aromatic N) is 1. The number of aliphatic imine (C=N–C) groups is 1. The second-order valence-corrected chi connectivity index (χ2v) is 8.87. The van der Waals surface area contributed by atoms with Crippen molar-refractivity contribution in [1.29, 1.82) is 0 Å². The van der Waals surface area contributed by atoms with Crippen LogP contribution in [0, 0.1) is 5.82 Å². The number of carbonyl (C=O) groups excluding carboxylic acids is 1. The van der Waals surface area contributed by atoms with Crippen LogP contribution in [-0.2, 0) is 11.4 Å². The van der Waals surface area contributed by atoms with Crippen LogP contribution in [0.3, 0.4) is 0 Å². The van der Waals surface area contributed by atoms with Gasteiger partial charge < -0.3 is 14.8 Å². The van der Waals surface area contributed by atoms with Crippen molar-refractivity contribution in [3.05, 3.63) is 107 Å². The van der Waals surface area contributed by atoms with Gasteiger partial charge in [0.2, 0.25) is 0 Å². The van der Waals surface area contributed by atoms with Crippen LogP contribution in [0.2, 0.25) is 0 Å². The van der Waals surface area contributed by atoms with Crippen LogP contribution in [0.1, 0.15) is 11.1 Å². The lowest BCUT2D eigenvalue weighted by molar-refractivity contribution is -0.115. The minimum atomic E-state index is -0.337. The molecule has 5 nitrogen and oxygen atoms in total. The summed E-state index contributed by atoms with van der Waals surface area (Å²) in [4.78, 5) is 17.3. The monoisotopic (exact) mass is 484 g/mol. The number of hydrogen-bond acceptors (Lipinski definition) is 5. The Morgan fingerprint density at radius 2 is 1.74 bits per heavy atom. The standard InChI is InChI=1S/C28H21FN2O3S/c1-33-25-15-18(16-26-27(32)31-28(35-26)30-23-11-9-22(29)10-12-23)7-13-24(25)34-17-19-6-8-20-4-2-3-5-21(20)14-19/h2-16H,17H2,1H3,(H,30,31,32)/b26-16+. The van der Waals surface area contributed by atoms with Crippen molar-refractivity contribution in [2.24, 2.45) is 4.99 Å². The summed E-state index contributed by atoms with van der Waals surface area (Å²) in [5.74, 6) is 0.608. The fourth-order valence-corrected chi connectivity index (χ4v) is 4.49. The Morgan fingerprint density at radius 3 is 2.54 bits per heavy atom. The second kappa shape index (κ2) is 10.0. The first-order chi connectivity index (χ1) is 17.1. The average molecular weight is 485 g/mol. The molecule has 1 heterocycles. The van der Waals surface area contributed by atoms with Crippen molar-refractivity contribution in [2.45, 2.75) is 6.61 Å². The highest BCUT2D eigenvalue weighted by Gasteiger charge is 2.24. The van der Waals surface area contributed by atoms with Crippen molar-refractivity contribution in [2.75, 3.05) is 7.11 Å². The number of methoxy groups -OCH3 is 1. The Hall–Kier alpha value is -4.10. The second-order valence-electron chi connectivity index (χ2n) is 7.84. The molecule has 0 spiro atoms. The number of halogens is 1. The van der Waals surface area contributed by atoms with Gasteiger partial charge in [-0.25, -0.2) is 9.38 Å². The predicted molar refractivity (Wildman–Crippen MR) is 138 cm³/mol. The number of benzene rings is 4. The van der Waals surface area contributed by atoms with E-state index in [1.54, 1.807) is 25.3 Å². The van der Waals surface area contributed by atoms with Gasteiger partial charge in [-0.1, -0.05) is 42.5 Å². The Bertz CT molecular complexity index is 1470. The summed E-state index contributed by atoms with van der Waals surface area (Å²) in [6.07, 6.45) is 1.77. The number of ether oxygens (including phenoxy) is 2. The summed E-state index contributed by atoms with van der Waals surface area (Å²) in [5.41, 5.74) is 2.41. The van der Waals surface area contributed by atoms with Gasteiger partial charge >= 0.3 is 0 Å². The highest BCUT2D eigenvalue weighted by Crippen LogP contribution is 2.33. The molecule has 0 atom stereocenters. The van der Waals surface area contributed by atoms with Crippen molar-refractivity contribution < 1.29 is 18.7 Å². The fraction of sp³-hybridized carbons (Fsp3) is 0.0714. The van der Waals surface area contributed by atoms with E-state index in [1.165, 1.54) is 29.3 Å². The van der Waals surface area contributed by atoms with Crippen LogP contribution in [-0.4, -0.2) is 18.2 Å². The summed E-state index contributed by atoms with van der Waals surface area (Å²) < 4.78 is 24.7. The number of amides is 1. The van der Waals surface area contributed by atoms with Crippen LogP contribution in [0.25, 0.3) is 16.8 Å². The van der Waals surface area contributed by atoms with E-state index in [0.29, 0.717) is 33.9 Å². The van der Waals surface area contributed by atoms with E-state index in [2.05, 4.69) is 40.6 Å². The minimum absolute atomic E-state index is 0.244. The molecule has 35 heavy (non-hydrogen) atoms. The van der Waals surface area contributed by atoms with Gasteiger partial charge in [-0.15, -0.1) is 0 Å². The van der Waals surface area contributed by atoms with E-state index in [0.717, 1.165) is 16.5 Å². The summed E-state index contributed by atoms with van der Waals surface area (Å²) in [6, 6.07) is 25.7. The molecule has 0 radical (unpaired) electrons. The summed E-state index contributed by atoms with van der Waals surface area (Å²) >= 11 is 1.22. The Morgan fingerprint density at radius 1 is 0.943 bits per heavy atom. The van der Waals surface area contributed by atoms with Crippen LogP contribution >= 0.6 is 11.8 Å². The predicted octanol–water partition coefficient (Wildman–Crippen LogP) is 6.46. The maximum Gasteiger partial charge on any atom is 0.264 e. The van der Waals surface area contributed by atoms with Crippen LogP contribution in [0.4, 0.5) is 10.1 Å². The first-order valence-electron chi connectivity index (χ1n) is 10.9. The van der Waals surface area contributed by atoms with Crippen molar-refractivity contribution in [1.82, 2.24) is 5.32 Å². The van der Waals surface area contributed by atoms with Gasteiger partial charge in [0, 0.05) is 0 Å². The molecule has 0 aliphatic carbocycles. The lowest BCUT2D eigenvalue weighted by atomic mass is 10.1. The Kier molecular flexibility index (Phi) is 6.50. The van der Waals surface area contributed by atoms with Gasteiger partial charge in [0.1, 0.15) is 12.4 Å². The smallest absolute Gasteiger partial charge is 0.264 e. The molecular weight excluding hydrogens is 463 g/mol. The molecule has 174 valence electrons. The van der Waals surface area contributed by atoms with Crippen LogP contribution in [0.5, 0.6) is 11.5 Å². The quantitative estimate of drug-likeness (QED) is 0.319. The molecule has 0 bridgehead atoms. The zero-order valence-electron chi connectivity index (χ0n) is 18.8. The molecule has 4 aromatic rings. The number of thioether (sulfide) groups is 1. The molecule has 1 fully saturated rings. The van der Waals surface area contributed by atoms with E-state index in [9.17, 15) is 9.18 Å². The molecule has 0 aromatic heterocycles. The Labute approximate surface area is 206 Å². The normalized spacial score (nSPS) is 15.5. The third-order valence-electron chi connectivity index (χ3n) is 5.40. The van der Waals surface area contributed by atoms with Gasteiger partial charge in [0.05, 0.1) is 17.7 Å². The van der Waals surface area contributed by atoms with E-state index < -0.39 is 0 Å². The van der Waals surface area contributed by atoms with Crippen LogP contribution in [0.15, 0.2) is 94.8 Å². The average Bonchev–Trinajstić information content (AvgIpc) is 3.22. The fourth-order valence-electron chi connectivity index (χ4n) is 3.65. The van der Waals surface area contributed by atoms with Crippen molar-refractivity contribution >= 4 is 45.4 Å². The molecule has 4 aromatic carbocycles. The first kappa shape index (κ1) is 22.7. The number of nitrogens with one attached hydrogen (secondary N) is 1. The summed E-state index contributed by atoms with van der Waals surface area (Å²) in [7, 11) is 1.58. The number of fused-ring (bicyclic) bond motifs is 1. The number of amidine groups is 1. The number of rotatable bonds is 6. The molecule has 1 amide bonds. The lowest BCUT2D eigenvalue weighted by Gasteiger charge is -2.12. The van der Waals surface area contributed by atoms with Crippen molar-refractivity contribution in [3.63, 3.8) is 0 Å². The van der Waals surface area contributed by atoms with E-state index in [4.69, 9.17) is 9.47 Å². The number of carbonyl (C=O) groups is 1. The van der Waals surface area contributed by atoms with Gasteiger partial charge in [-0.3, -0.25) is 4.79 Å². The maximum atomic E-state index is 13.1. The van der Waals surface area contributed by atoms with E-state index in [1.807, 2.05) is 30.3 Å². The molecule has 1 aliphatic rings. The van der Waals surface area contributed by atoms with Gasteiger partial charge in [-0.2, -0.15) is 0 Å². The topological polar surface area (TPSA) is 59.9 Å². The molecule has 7 heteroatoms. The van der Waals surface area contributed by atoms with Gasteiger partial charge in [0.25, 0.3) is 5.91 Å². The molecule has 1 N–H and O–H groups in total. The zero-order chi connectivity index (χ0) is 24.2. The molecule has 0 unspecified atom stereocenters. The highest BCUT2D eigenvalue weighted by atomic mass is 32.2. The first-order valence-corrected chi connectivity index (χ1v) is 11.7. The van der Waals surface area contributed by atoms with Crippen molar-refractivity contribution in [3.8, 4) is 11.5 Å². The number of hydrogen-bond donors (Lipinski definition) is 1. The van der Waals surface area contributed by atoms with E-state index >= 15 is 0 Å². The lowest BCUT2D eigenvalue weighted by Crippen LogP contribution is -2.19. The molecule has 5 rings (SSSR count). The largest absolute Gasteiger partial charge is 0.493 e.